The zero-order chi connectivity index (χ0) is 20.1. The van der Waals surface area contributed by atoms with Crippen LogP contribution in [0.5, 0.6) is 0 Å². The fraction of sp³-hybridized carbons (Fsp3) is 0.192. The molecule has 146 valence electrons. The Kier molecular flexibility index (Phi) is 6.28. The van der Waals surface area contributed by atoms with Gasteiger partial charge in [-0.3, -0.25) is 4.79 Å². The van der Waals surface area contributed by atoms with Crippen molar-refractivity contribution in [3.63, 3.8) is 0 Å². The predicted octanol–water partition coefficient (Wildman–Crippen LogP) is 6.27. The highest BCUT2D eigenvalue weighted by molar-refractivity contribution is 7.67. The van der Waals surface area contributed by atoms with Crippen LogP contribution in [0.25, 0.3) is 0 Å². The molecule has 0 N–H and O–H groups in total. The molecular weight excluding hydrogens is 395 g/mol. The van der Waals surface area contributed by atoms with E-state index in [0.29, 0.717) is 0 Å². The largest absolute Gasteiger partial charge is 0.294 e. The quantitative estimate of drug-likeness (QED) is 0.271. The van der Waals surface area contributed by atoms with Gasteiger partial charge in [-0.15, -0.1) is 11.6 Å². The van der Waals surface area contributed by atoms with E-state index in [1.54, 1.807) is 0 Å². The van der Waals surface area contributed by atoms with Crippen molar-refractivity contribution in [3.8, 4) is 0 Å². The van der Waals surface area contributed by atoms with Crippen LogP contribution in [0.1, 0.15) is 24.0 Å². The molecule has 0 aromatic heterocycles. The molecule has 0 radical (unpaired) electrons. The van der Waals surface area contributed by atoms with E-state index in [-0.39, 0.29) is 16.8 Å². The van der Waals surface area contributed by atoms with Crippen molar-refractivity contribution >= 4 is 30.6 Å². The van der Waals surface area contributed by atoms with E-state index < -0.39 is 7.92 Å². The van der Waals surface area contributed by atoms with Gasteiger partial charge < -0.3 is 0 Å². The molecule has 1 aliphatic heterocycles. The van der Waals surface area contributed by atoms with E-state index in [1.165, 1.54) is 22.0 Å². The average Bonchev–Trinajstić information content (AvgIpc) is 2.80. The van der Waals surface area contributed by atoms with E-state index in [4.69, 9.17) is 11.6 Å². The molecule has 3 aromatic carbocycles. The van der Waals surface area contributed by atoms with Gasteiger partial charge in [0.15, 0.2) is 5.78 Å². The topological polar surface area (TPSA) is 17.1 Å². The lowest BCUT2D eigenvalue weighted by atomic mass is 9.80. The second-order valence-electron chi connectivity index (χ2n) is 7.30. The van der Waals surface area contributed by atoms with Crippen LogP contribution in [0.4, 0.5) is 0 Å². The molecule has 1 saturated heterocycles. The number of hydrogen-bond acceptors (Lipinski definition) is 1. The summed E-state index contributed by atoms with van der Waals surface area (Å²) in [6.07, 6.45) is 4.97. The maximum Gasteiger partial charge on any atom is 0.170 e. The molecule has 0 saturated carbocycles. The molecule has 3 aromatic rings. The molecule has 1 fully saturated rings. The first kappa shape index (κ1) is 20.1. The lowest BCUT2D eigenvalue weighted by Crippen LogP contribution is -2.36. The molecule has 1 unspecified atom stereocenters. The van der Waals surface area contributed by atoms with Crippen LogP contribution in [-0.2, 0) is 9.95 Å². The minimum Gasteiger partial charge on any atom is -0.294 e. The minimum atomic E-state index is -0.606. The number of allylic oxidation sites excluding steroid dienone is 2. The fourth-order valence-corrected chi connectivity index (χ4v) is 8.01. The Balaban J connectivity index is 2.05. The van der Waals surface area contributed by atoms with Crippen LogP contribution in [0.2, 0.25) is 0 Å². The van der Waals surface area contributed by atoms with Crippen LogP contribution in [-0.4, -0.2) is 17.8 Å². The molecule has 0 amide bonds. The molecule has 4 rings (SSSR count). The Morgan fingerprint density at radius 3 is 1.90 bits per heavy atom. The van der Waals surface area contributed by atoms with Crippen molar-refractivity contribution in [2.75, 3.05) is 12.0 Å². The van der Waals surface area contributed by atoms with Crippen molar-refractivity contribution in [1.29, 1.82) is 0 Å². The van der Waals surface area contributed by atoms with Crippen molar-refractivity contribution in [3.05, 3.63) is 114 Å². The smallest absolute Gasteiger partial charge is 0.170 e. The molecule has 1 atom stereocenters. The second-order valence-corrected chi connectivity index (χ2v) is 10.1. The van der Waals surface area contributed by atoms with Gasteiger partial charge in [-0.1, -0.05) is 98.9 Å². The molecular formula is C26H24ClOP. The zero-order valence-corrected chi connectivity index (χ0v) is 17.9. The monoisotopic (exact) mass is 418 g/mol. The van der Waals surface area contributed by atoms with Crippen LogP contribution in [0, 0.1) is 0 Å². The summed E-state index contributed by atoms with van der Waals surface area (Å²) in [5.41, 5.74) is 3.71. The van der Waals surface area contributed by atoms with Gasteiger partial charge in [-0.2, -0.15) is 0 Å². The zero-order valence-electron chi connectivity index (χ0n) is 16.3. The van der Waals surface area contributed by atoms with Gasteiger partial charge in [0.25, 0.3) is 0 Å². The van der Waals surface area contributed by atoms with E-state index in [9.17, 15) is 4.79 Å². The number of carbonyl (C=O) groups is 1. The number of hydrogen-bond donors (Lipinski definition) is 0. The number of ketones is 1. The van der Waals surface area contributed by atoms with Crippen molar-refractivity contribution in [2.45, 2.75) is 18.0 Å². The fourth-order valence-electron chi connectivity index (χ4n) is 4.50. The van der Waals surface area contributed by atoms with Crippen LogP contribution in [0.15, 0.2) is 103 Å². The molecule has 29 heavy (non-hydrogen) atoms. The Bertz CT molecular complexity index is 943. The first-order chi connectivity index (χ1) is 14.3. The van der Waals surface area contributed by atoms with Gasteiger partial charge in [-0.05, 0) is 47.1 Å². The van der Waals surface area contributed by atoms with Gasteiger partial charge >= 0.3 is 0 Å². The van der Waals surface area contributed by atoms with Gasteiger partial charge in [0.05, 0.1) is 11.0 Å². The molecule has 1 aliphatic rings. The van der Waals surface area contributed by atoms with Gasteiger partial charge in [0.2, 0.25) is 0 Å². The second kappa shape index (κ2) is 9.08. The third kappa shape index (κ3) is 3.82. The van der Waals surface area contributed by atoms with Crippen molar-refractivity contribution in [2.24, 2.45) is 0 Å². The van der Waals surface area contributed by atoms with Crippen LogP contribution >= 0.6 is 19.5 Å². The average molecular weight is 419 g/mol. The number of benzene rings is 3. The number of rotatable bonds is 5. The van der Waals surface area contributed by atoms with Crippen LogP contribution < -0.4 is 5.30 Å². The van der Waals surface area contributed by atoms with Crippen molar-refractivity contribution in [1.82, 2.24) is 0 Å². The van der Waals surface area contributed by atoms with Crippen LogP contribution in [0.3, 0.4) is 0 Å². The first-order valence-electron chi connectivity index (χ1n) is 10.0. The number of halogens is 1. The first-order valence-corrected chi connectivity index (χ1v) is 12.1. The summed E-state index contributed by atoms with van der Waals surface area (Å²) >= 11 is 5.92. The van der Waals surface area contributed by atoms with E-state index in [0.717, 1.165) is 19.0 Å². The SMILES string of the molecule is O=C(C=C1CCCP(c2ccccc2)C1(c1ccccc1)c1ccccc1)CCl. The predicted molar refractivity (Wildman–Crippen MR) is 125 cm³/mol. The number of alkyl halides is 1. The Hall–Kier alpha value is -2.21. The Morgan fingerprint density at radius 2 is 1.38 bits per heavy atom. The highest BCUT2D eigenvalue weighted by atomic mass is 35.5. The lowest BCUT2D eigenvalue weighted by Gasteiger charge is -2.48. The van der Waals surface area contributed by atoms with E-state index in [2.05, 4.69) is 91.0 Å². The van der Waals surface area contributed by atoms with Gasteiger partial charge in [0, 0.05) is 0 Å². The summed E-state index contributed by atoms with van der Waals surface area (Å²) in [6, 6.07) is 32.2. The van der Waals surface area contributed by atoms with Gasteiger partial charge in [-0.25, -0.2) is 0 Å². The molecule has 1 heterocycles. The third-order valence-electron chi connectivity index (χ3n) is 5.62. The summed E-state index contributed by atoms with van der Waals surface area (Å²) in [6.45, 7) is 0. The third-order valence-corrected chi connectivity index (χ3v) is 9.18. The Morgan fingerprint density at radius 1 is 0.862 bits per heavy atom. The summed E-state index contributed by atoms with van der Waals surface area (Å²) in [7, 11) is -0.606. The summed E-state index contributed by atoms with van der Waals surface area (Å²) in [5.74, 6) is 0.00898. The maximum atomic E-state index is 12.5. The molecule has 3 heteroatoms. The molecule has 1 nitrogen and oxygen atoms in total. The van der Waals surface area contributed by atoms with Crippen molar-refractivity contribution < 1.29 is 4.79 Å². The van der Waals surface area contributed by atoms with E-state index >= 15 is 0 Å². The summed E-state index contributed by atoms with van der Waals surface area (Å²) in [5, 5.41) is 1.05. The Labute approximate surface area is 179 Å². The lowest BCUT2D eigenvalue weighted by molar-refractivity contribution is -0.112. The summed E-state index contributed by atoms with van der Waals surface area (Å²) in [4.78, 5) is 12.5. The van der Waals surface area contributed by atoms with E-state index in [1.807, 2.05) is 6.08 Å². The minimum absolute atomic E-state index is 0.0113. The van der Waals surface area contributed by atoms with Gasteiger partial charge in [0.1, 0.15) is 0 Å². The maximum absolute atomic E-state index is 12.5. The normalized spacial score (nSPS) is 19.8. The highest BCUT2D eigenvalue weighted by Gasteiger charge is 2.47. The molecule has 0 aliphatic carbocycles. The molecule has 0 spiro atoms. The highest BCUT2D eigenvalue weighted by Crippen LogP contribution is 2.66. The standard InChI is InChI=1S/C26H24ClOP/c27-20-24(28)19-23-15-10-18-29(25-16-8-3-9-17-25)26(23,21-11-4-1-5-12-21)22-13-6-2-7-14-22/h1-9,11-14,16-17,19H,10,15,18,20H2. The number of carbonyl (C=O) groups excluding carboxylic acids is 1. The summed E-state index contributed by atoms with van der Waals surface area (Å²) < 4.78 is 0. The molecule has 0 bridgehead atoms.